The van der Waals surface area contributed by atoms with Crippen LogP contribution in [0.3, 0.4) is 0 Å². The number of nitrogens with one attached hydrogen (secondary N) is 1. The Bertz CT molecular complexity index is 621. The van der Waals surface area contributed by atoms with E-state index in [1.54, 1.807) is 6.07 Å². The number of halogens is 1. The van der Waals surface area contributed by atoms with Crippen molar-refractivity contribution in [3.8, 4) is 0 Å². The number of hydrogen-bond donors (Lipinski definition) is 1. The zero-order valence-electron chi connectivity index (χ0n) is 13.3. The van der Waals surface area contributed by atoms with Crippen LogP contribution in [-0.2, 0) is 4.79 Å². The number of amides is 1. The van der Waals surface area contributed by atoms with Crippen molar-refractivity contribution < 1.29 is 9.59 Å². The number of ketones is 1. The Labute approximate surface area is 136 Å². The molecule has 1 amide bonds. The fourth-order valence-corrected chi connectivity index (χ4v) is 3.04. The molecule has 1 aliphatic carbocycles. The van der Waals surface area contributed by atoms with Crippen molar-refractivity contribution >= 4 is 28.9 Å². The maximum atomic E-state index is 12.6. The van der Waals surface area contributed by atoms with Crippen molar-refractivity contribution in [3.05, 3.63) is 41.1 Å². The number of alkyl halides is 1. The molecule has 2 unspecified atom stereocenters. The Morgan fingerprint density at radius 1 is 1.23 bits per heavy atom. The molecule has 4 heteroatoms. The van der Waals surface area contributed by atoms with Gasteiger partial charge in [0, 0.05) is 17.6 Å². The van der Waals surface area contributed by atoms with E-state index in [0.29, 0.717) is 17.7 Å². The molecule has 0 fully saturated rings. The van der Waals surface area contributed by atoms with Crippen LogP contribution >= 0.6 is 11.6 Å². The minimum atomic E-state index is -0.297. The average Bonchev–Trinajstić information content (AvgIpc) is 2.79. The van der Waals surface area contributed by atoms with E-state index in [-0.39, 0.29) is 23.0 Å². The van der Waals surface area contributed by atoms with Crippen LogP contribution in [0.1, 0.15) is 56.0 Å². The van der Waals surface area contributed by atoms with Crippen molar-refractivity contribution in [1.29, 1.82) is 0 Å². The number of hydrogen-bond acceptors (Lipinski definition) is 2. The van der Waals surface area contributed by atoms with E-state index in [0.717, 1.165) is 24.0 Å². The molecule has 1 aromatic rings. The molecule has 1 aliphatic rings. The molecule has 0 spiro atoms. The van der Waals surface area contributed by atoms with Gasteiger partial charge in [0.25, 0.3) is 0 Å². The predicted octanol–water partition coefficient (Wildman–Crippen LogP) is 4.16. The summed E-state index contributed by atoms with van der Waals surface area (Å²) in [6.07, 6.45) is 2.05. The van der Waals surface area contributed by atoms with Gasteiger partial charge in [0.05, 0.1) is 11.1 Å². The SMILES string of the molecule is CCCC(=O)NC1=C(C(Cl)C(C)CC)c2ccccc2C1=O. The first-order valence-corrected chi connectivity index (χ1v) is 8.27. The number of Topliss-reactive ketones (excluding diaryl/α,β-unsaturated/α-hetero) is 1. The van der Waals surface area contributed by atoms with Crippen LogP contribution in [0.4, 0.5) is 0 Å². The Hall–Kier alpha value is -1.61. The molecule has 2 rings (SSSR count). The molecule has 0 heterocycles. The maximum Gasteiger partial charge on any atom is 0.224 e. The number of carbonyl (C=O) groups is 2. The van der Waals surface area contributed by atoms with E-state index in [1.807, 2.05) is 25.1 Å². The summed E-state index contributed by atoms with van der Waals surface area (Å²) in [4.78, 5) is 24.6. The first-order valence-electron chi connectivity index (χ1n) is 7.83. The molecule has 0 aromatic heterocycles. The van der Waals surface area contributed by atoms with Gasteiger partial charge in [0.1, 0.15) is 0 Å². The lowest BCUT2D eigenvalue weighted by molar-refractivity contribution is -0.120. The molecular formula is C18H22ClNO2. The summed E-state index contributed by atoms with van der Waals surface area (Å²) >= 11 is 6.62. The van der Waals surface area contributed by atoms with Gasteiger partial charge < -0.3 is 5.32 Å². The van der Waals surface area contributed by atoms with E-state index in [2.05, 4.69) is 19.2 Å². The molecule has 2 atom stereocenters. The van der Waals surface area contributed by atoms with Crippen LogP contribution in [0.2, 0.25) is 0 Å². The van der Waals surface area contributed by atoms with Gasteiger partial charge in [-0.05, 0) is 17.9 Å². The van der Waals surface area contributed by atoms with Gasteiger partial charge in [0.2, 0.25) is 11.7 Å². The number of fused-ring (bicyclic) bond motifs is 1. The van der Waals surface area contributed by atoms with E-state index >= 15 is 0 Å². The van der Waals surface area contributed by atoms with E-state index in [9.17, 15) is 9.59 Å². The smallest absolute Gasteiger partial charge is 0.224 e. The predicted molar refractivity (Wildman–Crippen MR) is 89.8 cm³/mol. The monoisotopic (exact) mass is 319 g/mol. The second-order valence-corrected chi connectivity index (χ2v) is 6.22. The Balaban J connectivity index is 2.47. The summed E-state index contributed by atoms with van der Waals surface area (Å²) < 4.78 is 0. The van der Waals surface area contributed by atoms with Gasteiger partial charge in [-0.2, -0.15) is 0 Å². The molecule has 0 bridgehead atoms. The third-order valence-corrected chi connectivity index (χ3v) is 4.77. The lowest BCUT2D eigenvalue weighted by Crippen LogP contribution is -2.27. The third kappa shape index (κ3) is 3.09. The van der Waals surface area contributed by atoms with Crippen LogP contribution < -0.4 is 5.32 Å². The standard InChI is InChI=1S/C18H22ClNO2/c1-4-8-14(21)20-17-15(16(19)11(3)5-2)12-9-6-7-10-13(12)18(17)22/h6-7,9-11,16H,4-5,8H2,1-3H3,(H,20,21,22). The summed E-state index contributed by atoms with van der Waals surface area (Å²) in [7, 11) is 0. The maximum absolute atomic E-state index is 12.6. The highest BCUT2D eigenvalue weighted by Crippen LogP contribution is 2.39. The molecule has 1 N–H and O–H groups in total. The molecule has 22 heavy (non-hydrogen) atoms. The van der Waals surface area contributed by atoms with Crippen molar-refractivity contribution in [3.63, 3.8) is 0 Å². The van der Waals surface area contributed by atoms with Crippen molar-refractivity contribution in [2.75, 3.05) is 0 Å². The molecule has 1 aromatic carbocycles. The third-order valence-electron chi connectivity index (χ3n) is 4.12. The van der Waals surface area contributed by atoms with Gasteiger partial charge >= 0.3 is 0 Å². The number of allylic oxidation sites excluding steroid dienone is 2. The number of benzene rings is 1. The van der Waals surface area contributed by atoms with Crippen LogP contribution in [0.25, 0.3) is 5.57 Å². The fraction of sp³-hybridized carbons (Fsp3) is 0.444. The Kier molecular flexibility index (Phi) is 5.41. The molecule has 0 aliphatic heterocycles. The van der Waals surface area contributed by atoms with Crippen molar-refractivity contribution in [2.24, 2.45) is 5.92 Å². The van der Waals surface area contributed by atoms with Crippen LogP contribution in [0.15, 0.2) is 30.0 Å². The lowest BCUT2D eigenvalue weighted by Gasteiger charge is -2.20. The van der Waals surface area contributed by atoms with Gasteiger partial charge in [0.15, 0.2) is 0 Å². The Morgan fingerprint density at radius 2 is 1.86 bits per heavy atom. The van der Waals surface area contributed by atoms with Gasteiger partial charge in [-0.1, -0.05) is 51.5 Å². The summed E-state index contributed by atoms with van der Waals surface area (Å²) in [6.45, 7) is 6.06. The first kappa shape index (κ1) is 16.8. The quantitative estimate of drug-likeness (QED) is 0.800. The van der Waals surface area contributed by atoms with Gasteiger partial charge in [-0.3, -0.25) is 9.59 Å². The van der Waals surface area contributed by atoms with E-state index < -0.39 is 0 Å². The van der Waals surface area contributed by atoms with Crippen LogP contribution in [0.5, 0.6) is 0 Å². The average molecular weight is 320 g/mol. The lowest BCUT2D eigenvalue weighted by atomic mass is 9.94. The largest absolute Gasteiger partial charge is 0.322 e. The minimum absolute atomic E-state index is 0.135. The van der Waals surface area contributed by atoms with Crippen LogP contribution in [0, 0.1) is 5.92 Å². The summed E-state index contributed by atoms with van der Waals surface area (Å²) in [5.74, 6) is -0.0538. The molecule has 3 nitrogen and oxygen atoms in total. The number of rotatable bonds is 6. The second kappa shape index (κ2) is 7.10. The van der Waals surface area contributed by atoms with Crippen molar-refractivity contribution in [2.45, 2.75) is 45.4 Å². The molecular weight excluding hydrogens is 298 g/mol. The Morgan fingerprint density at radius 3 is 2.45 bits per heavy atom. The first-order chi connectivity index (χ1) is 10.5. The number of carbonyl (C=O) groups excluding carboxylic acids is 2. The highest BCUT2D eigenvalue weighted by molar-refractivity contribution is 6.32. The van der Waals surface area contributed by atoms with Crippen LogP contribution in [-0.4, -0.2) is 17.1 Å². The fourth-order valence-electron chi connectivity index (χ4n) is 2.64. The van der Waals surface area contributed by atoms with E-state index in [1.165, 1.54) is 0 Å². The summed E-state index contributed by atoms with van der Waals surface area (Å²) in [5.41, 5.74) is 2.60. The summed E-state index contributed by atoms with van der Waals surface area (Å²) in [5, 5.41) is 2.50. The van der Waals surface area contributed by atoms with Crippen molar-refractivity contribution in [1.82, 2.24) is 5.32 Å². The molecule has 0 saturated heterocycles. The summed E-state index contributed by atoms with van der Waals surface area (Å²) in [6, 6.07) is 7.41. The zero-order valence-corrected chi connectivity index (χ0v) is 14.0. The topological polar surface area (TPSA) is 46.2 Å². The second-order valence-electron chi connectivity index (χ2n) is 5.75. The van der Waals surface area contributed by atoms with Gasteiger partial charge in [-0.15, -0.1) is 11.6 Å². The zero-order chi connectivity index (χ0) is 16.3. The van der Waals surface area contributed by atoms with Gasteiger partial charge in [-0.25, -0.2) is 0 Å². The molecule has 118 valence electrons. The van der Waals surface area contributed by atoms with E-state index in [4.69, 9.17) is 11.6 Å². The highest BCUT2D eigenvalue weighted by Gasteiger charge is 2.35. The molecule has 0 saturated carbocycles. The molecule has 0 radical (unpaired) electrons. The minimum Gasteiger partial charge on any atom is -0.322 e. The highest BCUT2D eigenvalue weighted by atomic mass is 35.5. The normalized spacial score (nSPS) is 16.5.